The van der Waals surface area contributed by atoms with Crippen LogP contribution in [0.25, 0.3) is 6.08 Å². The largest absolute Gasteiger partial charge is 0.279 e. The Morgan fingerprint density at radius 1 is 1.16 bits per heavy atom. The Morgan fingerprint density at radius 2 is 1.84 bits per heavy atom. The summed E-state index contributed by atoms with van der Waals surface area (Å²) < 4.78 is 27.5. The maximum absolute atomic E-state index is 12.5. The summed E-state index contributed by atoms with van der Waals surface area (Å²) in [5, 5.41) is 9.85. The number of anilines is 1. The molecular formula is C17H13Cl3N2O2S. The SMILES string of the molecule is Cc1ccc(NS(=O)(=O)/C(C#N)=C\c2cc(Cl)cc(Cl)c2Cl)c(C)c1. The van der Waals surface area contributed by atoms with Crippen molar-refractivity contribution in [3.8, 4) is 6.07 Å². The van der Waals surface area contributed by atoms with Gasteiger partial charge in [-0.25, -0.2) is 8.42 Å². The van der Waals surface area contributed by atoms with E-state index < -0.39 is 14.9 Å². The van der Waals surface area contributed by atoms with Crippen molar-refractivity contribution in [1.82, 2.24) is 0 Å². The molecule has 0 saturated carbocycles. The van der Waals surface area contributed by atoms with Crippen molar-refractivity contribution in [3.63, 3.8) is 0 Å². The third kappa shape index (κ3) is 4.68. The quantitative estimate of drug-likeness (QED) is 0.524. The average Bonchev–Trinajstić information content (AvgIpc) is 2.51. The number of nitrogens with one attached hydrogen (secondary N) is 1. The van der Waals surface area contributed by atoms with Crippen LogP contribution in [0.5, 0.6) is 0 Å². The molecule has 0 heterocycles. The molecule has 0 amide bonds. The van der Waals surface area contributed by atoms with Gasteiger partial charge in [0, 0.05) is 5.02 Å². The number of halogens is 3. The molecule has 8 heteroatoms. The zero-order valence-electron chi connectivity index (χ0n) is 13.3. The molecule has 0 bridgehead atoms. The molecule has 0 fully saturated rings. The summed E-state index contributed by atoms with van der Waals surface area (Å²) in [5.41, 5.74) is 2.37. The van der Waals surface area contributed by atoms with Crippen LogP contribution in [0.3, 0.4) is 0 Å². The lowest BCUT2D eigenvalue weighted by Crippen LogP contribution is -2.15. The molecular weight excluding hydrogens is 403 g/mol. The highest BCUT2D eigenvalue weighted by molar-refractivity contribution is 7.97. The van der Waals surface area contributed by atoms with Crippen molar-refractivity contribution < 1.29 is 8.42 Å². The first kappa shape index (κ1) is 19.6. The number of nitriles is 1. The maximum atomic E-state index is 12.5. The zero-order valence-corrected chi connectivity index (χ0v) is 16.4. The molecule has 1 N–H and O–H groups in total. The highest BCUT2D eigenvalue weighted by atomic mass is 35.5. The maximum Gasteiger partial charge on any atom is 0.272 e. The highest BCUT2D eigenvalue weighted by Crippen LogP contribution is 2.32. The van der Waals surface area contributed by atoms with Gasteiger partial charge in [0.05, 0.1) is 15.7 Å². The molecule has 2 aromatic rings. The first-order valence-corrected chi connectivity index (χ1v) is 9.62. The van der Waals surface area contributed by atoms with Gasteiger partial charge in [-0.05, 0) is 49.2 Å². The predicted molar refractivity (Wildman–Crippen MR) is 104 cm³/mol. The lowest BCUT2D eigenvalue weighted by molar-refractivity contribution is 0.608. The minimum absolute atomic E-state index is 0.112. The van der Waals surface area contributed by atoms with Gasteiger partial charge in [0.25, 0.3) is 10.0 Å². The van der Waals surface area contributed by atoms with E-state index in [9.17, 15) is 13.7 Å². The van der Waals surface area contributed by atoms with Gasteiger partial charge >= 0.3 is 0 Å². The lowest BCUT2D eigenvalue weighted by Gasteiger charge is -2.11. The molecule has 0 saturated heterocycles. The Kier molecular flexibility index (Phi) is 6.02. The molecule has 2 rings (SSSR count). The van der Waals surface area contributed by atoms with Gasteiger partial charge in [-0.1, -0.05) is 52.5 Å². The molecule has 2 aromatic carbocycles. The summed E-state index contributed by atoms with van der Waals surface area (Å²) in [6.45, 7) is 3.67. The molecule has 0 aliphatic heterocycles. The van der Waals surface area contributed by atoms with Crippen molar-refractivity contribution in [2.75, 3.05) is 4.72 Å². The third-order valence-corrected chi connectivity index (χ3v) is 5.65. The molecule has 4 nitrogen and oxygen atoms in total. The summed E-state index contributed by atoms with van der Waals surface area (Å²) in [7, 11) is -4.10. The van der Waals surface area contributed by atoms with Crippen molar-refractivity contribution in [1.29, 1.82) is 5.26 Å². The van der Waals surface area contributed by atoms with E-state index in [2.05, 4.69) is 4.72 Å². The Labute approximate surface area is 161 Å². The van der Waals surface area contributed by atoms with Gasteiger partial charge in [0.1, 0.15) is 6.07 Å². The van der Waals surface area contributed by atoms with Gasteiger partial charge in [0.15, 0.2) is 4.91 Å². The summed E-state index contributed by atoms with van der Waals surface area (Å²) >= 11 is 17.9. The van der Waals surface area contributed by atoms with E-state index in [0.717, 1.165) is 17.2 Å². The molecule has 0 unspecified atom stereocenters. The fraction of sp³-hybridized carbons (Fsp3) is 0.118. The Bertz CT molecular complexity index is 1010. The number of nitrogens with zero attached hydrogens (tertiary/aromatic N) is 1. The zero-order chi connectivity index (χ0) is 18.8. The number of hydrogen-bond donors (Lipinski definition) is 1. The van der Waals surface area contributed by atoms with Crippen LogP contribution in [0.4, 0.5) is 5.69 Å². The van der Waals surface area contributed by atoms with Gasteiger partial charge in [-0.3, -0.25) is 4.72 Å². The van der Waals surface area contributed by atoms with Crippen LogP contribution in [0.2, 0.25) is 15.1 Å². The first-order chi connectivity index (χ1) is 11.6. The minimum Gasteiger partial charge on any atom is -0.279 e. The van der Waals surface area contributed by atoms with E-state index in [-0.39, 0.29) is 20.6 Å². The molecule has 0 atom stereocenters. The Hall–Kier alpha value is -1.71. The van der Waals surface area contributed by atoms with Crippen LogP contribution in [-0.2, 0) is 10.0 Å². The number of benzene rings is 2. The van der Waals surface area contributed by atoms with E-state index in [0.29, 0.717) is 5.69 Å². The first-order valence-electron chi connectivity index (χ1n) is 7.00. The van der Waals surface area contributed by atoms with Crippen LogP contribution < -0.4 is 4.72 Å². The van der Waals surface area contributed by atoms with Gasteiger partial charge in [-0.15, -0.1) is 0 Å². The van der Waals surface area contributed by atoms with Crippen molar-refractivity contribution in [2.45, 2.75) is 13.8 Å². The summed E-state index contributed by atoms with van der Waals surface area (Å²) in [4.78, 5) is -0.507. The second-order valence-corrected chi connectivity index (χ2v) is 8.21. The fourth-order valence-electron chi connectivity index (χ4n) is 2.12. The lowest BCUT2D eigenvalue weighted by atomic mass is 10.1. The summed E-state index contributed by atoms with van der Waals surface area (Å²) in [6.07, 6.45) is 1.13. The fourth-order valence-corrected chi connectivity index (χ4v) is 3.82. The predicted octanol–water partition coefficient (Wildman–Crippen LogP) is 5.57. The van der Waals surface area contributed by atoms with Crippen molar-refractivity contribution >= 4 is 56.6 Å². The molecule has 25 heavy (non-hydrogen) atoms. The van der Waals surface area contributed by atoms with E-state index in [1.165, 1.54) is 12.1 Å². The van der Waals surface area contributed by atoms with Gasteiger partial charge in [-0.2, -0.15) is 5.26 Å². The second-order valence-electron chi connectivity index (χ2n) is 5.34. The number of hydrogen-bond acceptors (Lipinski definition) is 3. The monoisotopic (exact) mass is 414 g/mol. The normalized spacial score (nSPS) is 11.9. The molecule has 0 aliphatic rings. The van der Waals surface area contributed by atoms with Crippen LogP contribution in [0, 0.1) is 25.2 Å². The Morgan fingerprint density at radius 3 is 2.44 bits per heavy atom. The van der Waals surface area contributed by atoms with Crippen molar-refractivity contribution in [2.24, 2.45) is 0 Å². The topological polar surface area (TPSA) is 70.0 Å². The third-order valence-electron chi connectivity index (χ3n) is 3.33. The van der Waals surface area contributed by atoms with Gasteiger partial charge in [0.2, 0.25) is 0 Å². The van der Waals surface area contributed by atoms with E-state index in [1.54, 1.807) is 25.1 Å². The van der Waals surface area contributed by atoms with Crippen LogP contribution in [0.15, 0.2) is 35.2 Å². The van der Waals surface area contributed by atoms with Crippen LogP contribution >= 0.6 is 34.8 Å². The molecule has 130 valence electrons. The standard InChI is InChI=1S/C17H13Cl3N2O2S/c1-10-3-4-16(11(2)5-10)22-25(23,24)14(9-21)7-12-6-13(18)8-15(19)17(12)20/h3-8,22H,1-2H3/b14-7-. The van der Waals surface area contributed by atoms with Gasteiger partial charge < -0.3 is 0 Å². The van der Waals surface area contributed by atoms with E-state index in [1.807, 2.05) is 13.0 Å². The minimum atomic E-state index is -4.10. The molecule has 0 aromatic heterocycles. The number of sulfonamides is 1. The summed E-state index contributed by atoms with van der Waals surface area (Å²) in [5.74, 6) is 0. The Balaban J connectivity index is 2.47. The number of rotatable bonds is 4. The van der Waals surface area contributed by atoms with E-state index >= 15 is 0 Å². The highest BCUT2D eigenvalue weighted by Gasteiger charge is 2.20. The summed E-state index contributed by atoms with van der Waals surface area (Å²) in [6, 6.07) is 9.78. The number of allylic oxidation sites excluding steroid dienone is 1. The number of aryl methyl sites for hydroxylation is 2. The molecule has 0 aliphatic carbocycles. The van der Waals surface area contributed by atoms with Crippen molar-refractivity contribution in [3.05, 3.63) is 67.0 Å². The van der Waals surface area contributed by atoms with Crippen LogP contribution in [0.1, 0.15) is 16.7 Å². The van der Waals surface area contributed by atoms with E-state index in [4.69, 9.17) is 34.8 Å². The smallest absolute Gasteiger partial charge is 0.272 e. The second kappa shape index (κ2) is 7.67. The average molecular weight is 416 g/mol. The molecule has 0 radical (unpaired) electrons. The van der Waals surface area contributed by atoms with Crippen LogP contribution in [-0.4, -0.2) is 8.42 Å². The molecule has 0 spiro atoms.